The van der Waals surface area contributed by atoms with E-state index in [9.17, 15) is 4.79 Å². The molecule has 3 aromatic rings. The number of Topliss-reactive ketones (excluding diaryl/α,β-unsaturated/α-hetero) is 1. The molecule has 0 spiro atoms. The fraction of sp³-hybridized carbons (Fsp3) is 0.400. The third-order valence-corrected chi connectivity index (χ3v) is 5.44. The average Bonchev–Trinajstić information content (AvgIpc) is 3.39. The van der Waals surface area contributed by atoms with Crippen molar-refractivity contribution in [3.05, 3.63) is 70.7 Å². The lowest BCUT2D eigenvalue weighted by Crippen LogP contribution is -2.34. The number of rotatable bonds is 7. The second-order valence-electron chi connectivity index (χ2n) is 8.58. The summed E-state index contributed by atoms with van der Waals surface area (Å²) >= 11 is 12.5. The lowest BCUT2D eigenvalue weighted by atomic mass is 10.1. The normalized spacial score (nSPS) is 19.6. The van der Waals surface area contributed by atoms with E-state index in [-0.39, 0.29) is 11.9 Å². The molecular formula is C25H29Cl2N3O4. The highest BCUT2D eigenvalue weighted by molar-refractivity contribution is 6.31. The molecule has 34 heavy (non-hydrogen) atoms. The highest BCUT2D eigenvalue weighted by Gasteiger charge is 2.44. The second-order valence-corrected chi connectivity index (χ2v) is 9.43. The summed E-state index contributed by atoms with van der Waals surface area (Å²) in [5, 5.41) is 5.28. The molecule has 1 aliphatic rings. The summed E-state index contributed by atoms with van der Waals surface area (Å²) in [4.78, 5) is 14.2. The van der Waals surface area contributed by atoms with E-state index in [0.717, 1.165) is 6.42 Å². The van der Waals surface area contributed by atoms with Gasteiger partial charge in [0.25, 0.3) is 0 Å². The van der Waals surface area contributed by atoms with Crippen molar-refractivity contribution in [3.8, 4) is 11.5 Å². The molecule has 1 aliphatic heterocycles. The number of aromatic nitrogens is 3. The number of nitrogens with zero attached hydrogens (tertiary/aromatic N) is 3. The highest BCUT2D eigenvalue weighted by Crippen LogP contribution is 2.41. The molecular weight excluding hydrogens is 477 g/mol. The predicted octanol–water partition coefficient (Wildman–Crippen LogP) is 6.29. The van der Waals surface area contributed by atoms with E-state index in [4.69, 9.17) is 37.4 Å². The molecule has 182 valence electrons. The lowest BCUT2D eigenvalue weighted by Gasteiger charge is -2.29. The molecule has 1 saturated heterocycles. The van der Waals surface area contributed by atoms with Crippen molar-refractivity contribution in [2.75, 3.05) is 6.61 Å². The molecule has 4 rings (SSSR count). The first-order valence-electron chi connectivity index (χ1n) is 11.0. The number of carbonyl (C=O) groups is 1. The summed E-state index contributed by atoms with van der Waals surface area (Å²) < 4.78 is 19.6. The maximum atomic E-state index is 10.3. The third kappa shape index (κ3) is 7.27. The molecule has 7 nitrogen and oxygen atoms in total. The largest absolute Gasteiger partial charge is 0.457 e. The van der Waals surface area contributed by atoms with Crippen LogP contribution in [0.1, 0.15) is 39.7 Å². The molecule has 0 unspecified atom stereocenters. The quantitative estimate of drug-likeness (QED) is 0.375. The van der Waals surface area contributed by atoms with E-state index in [2.05, 4.69) is 10.1 Å². The zero-order chi connectivity index (χ0) is 24.7. The van der Waals surface area contributed by atoms with Crippen molar-refractivity contribution in [2.24, 2.45) is 5.92 Å². The number of ether oxygens (including phenoxy) is 3. The first-order chi connectivity index (χ1) is 16.2. The summed E-state index contributed by atoms with van der Waals surface area (Å²) in [6.07, 6.45) is 3.75. The molecule has 0 aliphatic carbocycles. The van der Waals surface area contributed by atoms with Crippen LogP contribution in [0.15, 0.2) is 55.1 Å². The van der Waals surface area contributed by atoms with Crippen molar-refractivity contribution in [3.63, 3.8) is 0 Å². The maximum Gasteiger partial charge on any atom is 0.217 e. The van der Waals surface area contributed by atoms with Gasteiger partial charge in [0.1, 0.15) is 36.5 Å². The highest BCUT2D eigenvalue weighted by atomic mass is 35.5. The lowest BCUT2D eigenvalue weighted by molar-refractivity contribution is -0.186. The first kappa shape index (κ1) is 26.2. The Hall–Kier alpha value is -2.45. The van der Waals surface area contributed by atoms with Crippen LogP contribution in [0.5, 0.6) is 11.5 Å². The van der Waals surface area contributed by atoms with Gasteiger partial charge in [-0.15, -0.1) is 0 Å². The van der Waals surface area contributed by atoms with Gasteiger partial charge in [0.2, 0.25) is 5.79 Å². The summed E-state index contributed by atoms with van der Waals surface area (Å²) in [6, 6.07) is 12.5. The van der Waals surface area contributed by atoms with Crippen LogP contribution in [0.25, 0.3) is 0 Å². The Bertz CT molecular complexity index is 1070. The molecule has 0 N–H and O–H groups in total. The zero-order valence-corrected chi connectivity index (χ0v) is 21.2. The van der Waals surface area contributed by atoms with Crippen LogP contribution < -0.4 is 4.74 Å². The van der Waals surface area contributed by atoms with Crippen LogP contribution in [0, 0.1) is 5.92 Å². The zero-order valence-electron chi connectivity index (χ0n) is 19.7. The Morgan fingerprint density at radius 3 is 2.41 bits per heavy atom. The van der Waals surface area contributed by atoms with Gasteiger partial charge in [0.05, 0.1) is 17.7 Å². The number of halogens is 2. The molecule has 2 heterocycles. The van der Waals surface area contributed by atoms with E-state index in [1.807, 2.05) is 32.9 Å². The van der Waals surface area contributed by atoms with E-state index < -0.39 is 5.79 Å². The smallest absolute Gasteiger partial charge is 0.217 e. The topological polar surface area (TPSA) is 75.5 Å². The molecule has 9 heteroatoms. The van der Waals surface area contributed by atoms with Gasteiger partial charge in [0, 0.05) is 17.0 Å². The minimum Gasteiger partial charge on any atom is -0.457 e. The molecule has 2 aromatic carbocycles. The van der Waals surface area contributed by atoms with Crippen LogP contribution in [0.3, 0.4) is 0 Å². The summed E-state index contributed by atoms with van der Waals surface area (Å²) in [6.45, 7) is 8.47. The third-order valence-electron chi connectivity index (χ3n) is 4.88. The van der Waals surface area contributed by atoms with Gasteiger partial charge in [0.15, 0.2) is 0 Å². The number of hydrogen-bond donors (Lipinski definition) is 0. The fourth-order valence-electron chi connectivity index (χ4n) is 3.56. The van der Waals surface area contributed by atoms with E-state index in [0.29, 0.717) is 46.2 Å². The number of hydrogen-bond acceptors (Lipinski definition) is 6. The molecule has 2 atom stereocenters. The van der Waals surface area contributed by atoms with Crippen molar-refractivity contribution in [1.29, 1.82) is 0 Å². The van der Waals surface area contributed by atoms with E-state index >= 15 is 0 Å². The number of benzene rings is 2. The maximum absolute atomic E-state index is 10.3. The second kappa shape index (κ2) is 11.8. The Morgan fingerprint density at radius 2 is 1.91 bits per heavy atom. The summed E-state index contributed by atoms with van der Waals surface area (Å²) in [5.74, 6) is 1.06. The summed E-state index contributed by atoms with van der Waals surface area (Å²) in [5.41, 5.74) is 0.715. The Morgan fingerprint density at radius 1 is 1.21 bits per heavy atom. The monoisotopic (exact) mass is 505 g/mol. The van der Waals surface area contributed by atoms with Crippen LogP contribution in [-0.2, 0) is 26.6 Å². The summed E-state index contributed by atoms with van der Waals surface area (Å²) in [7, 11) is 0. The first-order valence-corrected chi connectivity index (χ1v) is 11.8. The molecule has 1 fully saturated rings. The Balaban J connectivity index is 0.000000406. The molecule has 0 radical (unpaired) electrons. The number of carbonyl (C=O) groups excluding carboxylic acids is 1. The molecule has 0 amide bonds. The molecule has 0 bridgehead atoms. The average molecular weight is 506 g/mol. The van der Waals surface area contributed by atoms with Crippen molar-refractivity contribution in [1.82, 2.24) is 14.8 Å². The van der Waals surface area contributed by atoms with Crippen molar-refractivity contribution in [2.45, 2.75) is 52.6 Å². The standard InChI is InChI=1S/C19H17Cl2N3O3.C6H12O/c1-13-9-25-19(27-13,10-24-12-22-11-23-24)17-7-6-16(8-18(17)21)26-15-4-2-14(20)3-5-15;1-5(2)4-6(3)7/h2-8,11-13H,9-10H2,1H3;5H,4H2,1-3H3/t13-,19-;/m0./s1. The minimum atomic E-state index is -1.02. The SMILES string of the molecule is CC(=O)CC(C)C.C[C@H]1CO[C@](Cn2cncn2)(c2ccc(Oc3ccc(Cl)cc3)cc2Cl)O1. The van der Waals surface area contributed by atoms with Crippen LogP contribution in [-0.4, -0.2) is 33.3 Å². The number of ketones is 1. The van der Waals surface area contributed by atoms with Gasteiger partial charge in [-0.2, -0.15) is 5.10 Å². The van der Waals surface area contributed by atoms with Crippen LogP contribution in [0.2, 0.25) is 10.0 Å². The van der Waals surface area contributed by atoms with E-state index in [1.54, 1.807) is 48.3 Å². The van der Waals surface area contributed by atoms with Crippen molar-refractivity contribution >= 4 is 29.0 Å². The Labute approximate surface area is 209 Å². The van der Waals surface area contributed by atoms with Crippen LogP contribution in [0.4, 0.5) is 0 Å². The fourth-order valence-corrected chi connectivity index (χ4v) is 4.00. The van der Waals surface area contributed by atoms with Gasteiger partial charge < -0.3 is 19.0 Å². The Kier molecular flexibility index (Phi) is 9.08. The van der Waals surface area contributed by atoms with Crippen LogP contribution >= 0.6 is 23.2 Å². The van der Waals surface area contributed by atoms with Gasteiger partial charge >= 0.3 is 0 Å². The van der Waals surface area contributed by atoms with Gasteiger partial charge in [-0.3, -0.25) is 0 Å². The van der Waals surface area contributed by atoms with Gasteiger partial charge in [-0.05, 0) is 62.2 Å². The van der Waals surface area contributed by atoms with Crippen molar-refractivity contribution < 1.29 is 19.0 Å². The van der Waals surface area contributed by atoms with Gasteiger partial charge in [-0.25, -0.2) is 9.67 Å². The van der Waals surface area contributed by atoms with Gasteiger partial charge in [-0.1, -0.05) is 37.0 Å². The molecule has 0 saturated carbocycles. The molecule has 1 aromatic heterocycles. The van der Waals surface area contributed by atoms with E-state index in [1.165, 1.54) is 6.33 Å². The predicted molar refractivity (Wildman–Crippen MR) is 131 cm³/mol. The minimum absolute atomic E-state index is 0.0606.